The maximum atomic E-state index is 5.50. The molecule has 1 aliphatic heterocycles. The number of ether oxygens (including phenoxy) is 1. The van der Waals surface area contributed by atoms with Gasteiger partial charge in [0.25, 0.3) is 0 Å². The van der Waals surface area contributed by atoms with E-state index in [1.54, 1.807) is 18.1 Å². The molecule has 2 atom stereocenters. The Kier molecular flexibility index (Phi) is 3.03. The van der Waals surface area contributed by atoms with Gasteiger partial charge in [-0.2, -0.15) is 0 Å². The van der Waals surface area contributed by atoms with Crippen LogP contribution in [0, 0.1) is 6.92 Å². The van der Waals surface area contributed by atoms with Crippen molar-refractivity contribution in [2.45, 2.75) is 36.6 Å². The third-order valence-electron chi connectivity index (χ3n) is 2.36. The molecule has 76 valence electrons. The van der Waals surface area contributed by atoms with Gasteiger partial charge in [0, 0.05) is 17.6 Å². The van der Waals surface area contributed by atoms with Crippen LogP contribution >= 0.6 is 11.8 Å². The fourth-order valence-corrected chi connectivity index (χ4v) is 2.66. The molecular weight excluding hydrogens is 196 g/mol. The molecule has 0 amide bonds. The van der Waals surface area contributed by atoms with Gasteiger partial charge in [0.15, 0.2) is 0 Å². The summed E-state index contributed by atoms with van der Waals surface area (Å²) in [5.41, 5.74) is 1.02. The zero-order valence-electron chi connectivity index (χ0n) is 8.43. The maximum absolute atomic E-state index is 5.50. The van der Waals surface area contributed by atoms with Gasteiger partial charge < -0.3 is 4.74 Å². The van der Waals surface area contributed by atoms with E-state index in [-0.39, 0.29) is 0 Å². The van der Waals surface area contributed by atoms with Crippen LogP contribution in [-0.2, 0) is 4.74 Å². The molecule has 0 N–H and O–H groups in total. The molecule has 2 heterocycles. The number of aromatic nitrogens is 2. The second kappa shape index (κ2) is 4.28. The van der Waals surface area contributed by atoms with Gasteiger partial charge in [-0.1, -0.05) is 0 Å². The minimum Gasteiger partial charge on any atom is -0.377 e. The summed E-state index contributed by atoms with van der Waals surface area (Å²) < 4.78 is 5.50. The number of rotatable bonds is 2. The summed E-state index contributed by atoms with van der Waals surface area (Å²) >= 11 is 1.80. The molecule has 2 rings (SSSR count). The number of aryl methyl sites for hydroxylation is 1. The van der Waals surface area contributed by atoms with Crippen molar-refractivity contribution >= 4 is 11.8 Å². The molecule has 0 bridgehead atoms. The fourth-order valence-electron chi connectivity index (χ4n) is 1.52. The van der Waals surface area contributed by atoms with Crippen molar-refractivity contribution in [2.75, 3.05) is 6.61 Å². The molecule has 1 saturated heterocycles. The third kappa shape index (κ3) is 2.25. The summed E-state index contributed by atoms with van der Waals surface area (Å²) in [6.45, 7) is 4.99. The summed E-state index contributed by atoms with van der Waals surface area (Å²) in [5, 5.41) is 1.60. The Labute approximate surface area is 88.3 Å². The lowest BCUT2D eigenvalue weighted by Gasteiger charge is -2.12. The Morgan fingerprint density at radius 1 is 1.50 bits per heavy atom. The van der Waals surface area contributed by atoms with Crippen LogP contribution in [0.2, 0.25) is 0 Å². The topological polar surface area (TPSA) is 35.0 Å². The molecule has 3 nitrogen and oxygen atoms in total. The minimum absolute atomic E-state index is 0.343. The lowest BCUT2D eigenvalue weighted by atomic mass is 10.3. The average molecular weight is 210 g/mol. The molecule has 1 fully saturated rings. The second-order valence-electron chi connectivity index (χ2n) is 3.52. The van der Waals surface area contributed by atoms with E-state index in [1.807, 2.05) is 13.0 Å². The Bertz CT molecular complexity index is 319. The normalized spacial score (nSPS) is 26.7. The van der Waals surface area contributed by atoms with E-state index in [0.29, 0.717) is 11.4 Å². The van der Waals surface area contributed by atoms with Gasteiger partial charge in [-0.15, -0.1) is 11.8 Å². The molecule has 1 aliphatic rings. The van der Waals surface area contributed by atoms with Gasteiger partial charge in [-0.25, -0.2) is 9.97 Å². The Morgan fingerprint density at radius 3 is 3.00 bits per heavy atom. The fraction of sp³-hybridized carbons (Fsp3) is 0.600. The smallest absolute Gasteiger partial charge is 0.116 e. The molecule has 0 radical (unpaired) electrons. The van der Waals surface area contributed by atoms with E-state index < -0.39 is 0 Å². The van der Waals surface area contributed by atoms with Crippen molar-refractivity contribution in [3.63, 3.8) is 0 Å². The largest absolute Gasteiger partial charge is 0.377 e. The standard InChI is InChI=1S/C10H14N2OS/c1-7-5-10(12-6-11-7)14-9-3-4-13-8(9)2/h5-6,8-9H,3-4H2,1-2H3/t8-,9+/m1/s1. The average Bonchev–Trinajstić information content (AvgIpc) is 2.52. The summed E-state index contributed by atoms with van der Waals surface area (Å²) in [5.74, 6) is 0. The number of thioether (sulfide) groups is 1. The summed E-state index contributed by atoms with van der Waals surface area (Å²) in [7, 11) is 0. The molecular formula is C10H14N2OS. The van der Waals surface area contributed by atoms with Gasteiger partial charge in [-0.3, -0.25) is 0 Å². The highest BCUT2D eigenvalue weighted by molar-refractivity contribution is 7.99. The summed E-state index contributed by atoms with van der Waals surface area (Å²) in [6.07, 6.45) is 3.09. The zero-order valence-corrected chi connectivity index (χ0v) is 9.25. The van der Waals surface area contributed by atoms with Crippen molar-refractivity contribution in [2.24, 2.45) is 0 Å². The van der Waals surface area contributed by atoms with Crippen LogP contribution in [0.5, 0.6) is 0 Å². The van der Waals surface area contributed by atoms with E-state index in [2.05, 4.69) is 16.9 Å². The van der Waals surface area contributed by atoms with Gasteiger partial charge in [0.2, 0.25) is 0 Å². The van der Waals surface area contributed by atoms with Crippen LogP contribution in [0.25, 0.3) is 0 Å². The van der Waals surface area contributed by atoms with Gasteiger partial charge in [-0.05, 0) is 26.3 Å². The zero-order chi connectivity index (χ0) is 9.97. The quantitative estimate of drug-likeness (QED) is 0.700. The van der Waals surface area contributed by atoms with Crippen molar-refractivity contribution < 1.29 is 4.74 Å². The van der Waals surface area contributed by atoms with E-state index in [0.717, 1.165) is 23.7 Å². The van der Waals surface area contributed by atoms with Crippen LogP contribution in [-0.4, -0.2) is 27.9 Å². The first-order valence-electron chi connectivity index (χ1n) is 4.82. The van der Waals surface area contributed by atoms with Gasteiger partial charge in [0.1, 0.15) is 6.33 Å². The van der Waals surface area contributed by atoms with Crippen LogP contribution in [0.4, 0.5) is 0 Å². The molecule has 0 unspecified atom stereocenters. The van der Waals surface area contributed by atoms with Crippen LogP contribution in [0.1, 0.15) is 19.0 Å². The lowest BCUT2D eigenvalue weighted by Crippen LogP contribution is -2.13. The van der Waals surface area contributed by atoms with Crippen LogP contribution in [0.15, 0.2) is 17.4 Å². The third-order valence-corrected chi connectivity index (χ3v) is 3.74. The van der Waals surface area contributed by atoms with Gasteiger partial charge in [0.05, 0.1) is 11.1 Å². The van der Waals surface area contributed by atoms with E-state index in [4.69, 9.17) is 4.74 Å². The monoisotopic (exact) mass is 210 g/mol. The first kappa shape index (κ1) is 9.93. The number of nitrogens with zero attached hydrogens (tertiary/aromatic N) is 2. The molecule has 4 heteroatoms. The molecule has 0 aromatic carbocycles. The highest BCUT2D eigenvalue weighted by atomic mass is 32.2. The Hall–Kier alpha value is -0.610. The highest BCUT2D eigenvalue weighted by Crippen LogP contribution is 2.31. The summed E-state index contributed by atoms with van der Waals surface area (Å²) in [4.78, 5) is 8.31. The molecule has 0 saturated carbocycles. The molecule has 0 aliphatic carbocycles. The first-order valence-corrected chi connectivity index (χ1v) is 5.70. The van der Waals surface area contributed by atoms with E-state index >= 15 is 0 Å². The first-order chi connectivity index (χ1) is 6.75. The highest BCUT2D eigenvalue weighted by Gasteiger charge is 2.25. The summed E-state index contributed by atoms with van der Waals surface area (Å²) in [6, 6.07) is 2.02. The lowest BCUT2D eigenvalue weighted by molar-refractivity contribution is 0.127. The van der Waals surface area contributed by atoms with Crippen LogP contribution in [0.3, 0.4) is 0 Å². The predicted octanol–water partition coefficient (Wildman–Crippen LogP) is 2.05. The van der Waals surface area contributed by atoms with Crippen molar-refractivity contribution in [1.82, 2.24) is 9.97 Å². The van der Waals surface area contributed by atoms with Crippen LogP contribution < -0.4 is 0 Å². The minimum atomic E-state index is 0.343. The van der Waals surface area contributed by atoms with E-state index in [1.165, 1.54) is 0 Å². The van der Waals surface area contributed by atoms with Crippen molar-refractivity contribution in [3.8, 4) is 0 Å². The molecule has 0 spiro atoms. The Balaban J connectivity index is 2.03. The van der Waals surface area contributed by atoms with Crippen molar-refractivity contribution in [3.05, 3.63) is 18.1 Å². The van der Waals surface area contributed by atoms with E-state index in [9.17, 15) is 0 Å². The molecule has 14 heavy (non-hydrogen) atoms. The second-order valence-corrected chi connectivity index (χ2v) is 4.78. The predicted molar refractivity (Wildman–Crippen MR) is 56.4 cm³/mol. The molecule has 1 aromatic rings. The Morgan fingerprint density at radius 2 is 2.36 bits per heavy atom. The van der Waals surface area contributed by atoms with Crippen molar-refractivity contribution in [1.29, 1.82) is 0 Å². The molecule has 1 aromatic heterocycles. The maximum Gasteiger partial charge on any atom is 0.116 e. The number of hydrogen-bond acceptors (Lipinski definition) is 4. The number of hydrogen-bond donors (Lipinski definition) is 0. The SMILES string of the molecule is Cc1cc(S[C@H]2CCO[C@@H]2C)ncn1. The van der Waals surface area contributed by atoms with Gasteiger partial charge >= 0.3 is 0 Å².